The molecule has 6 rings (SSSR count). The Balaban J connectivity index is 0.000000336. The van der Waals surface area contributed by atoms with Gasteiger partial charge in [0.15, 0.2) is 5.43 Å². The van der Waals surface area contributed by atoms with Crippen molar-refractivity contribution in [1.29, 1.82) is 5.26 Å². The molecule has 9 heteroatoms. The predicted molar refractivity (Wildman–Crippen MR) is 179 cm³/mol. The van der Waals surface area contributed by atoms with Gasteiger partial charge in [0.25, 0.3) is 0 Å². The van der Waals surface area contributed by atoms with E-state index in [1.54, 1.807) is 6.07 Å². The minimum atomic E-state index is 0.0183. The van der Waals surface area contributed by atoms with Crippen molar-refractivity contribution in [3.8, 4) is 6.07 Å². The lowest BCUT2D eigenvalue weighted by atomic mass is 10.1. The van der Waals surface area contributed by atoms with E-state index in [9.17, 15) is 10.1 Å². The van der Waals surface area contributed by atoms with Crippen LogP contribution in [0.2, 0.25) is 0 Å². The van der Waals surface area contributed by atoms with Crippen molar-refractivity contribution < 1.29 is 0 Å². The van der Waals surface area contributed by atoms with E-state index in [0.717, 1.165) is 77.5 Å². The van der Waals surface area contributed by atoms with Crippen molar-refractivity contribution in [3.63, 3.8) is 0 Å². The van der Waals surface area contributed by atoms with E-state index in [2.05, 4.69) is 99.2 Å². The highest BCUT2D eigenvalue weighted by Gasteiger charge is 2.24. The van der Waals surface area contributed by atoms with Crippen molar-refractivity contribution >= 4 is 54.5 Å². The highest BCUT2D eigenvalue weighted by atomic mass is 79.9. The molecule has 4 aromatic rings. The van der Waals surface area contributed by atoms with E-state index in [4.69, 9.17) is 0 Å². The van der Waals surface area contributed by atoms with Crippen LogP contribution in [-0.2, 0) is 0 Å². The molecular formula is C33H44BrN7O. The molecule has 2 N–H and O–H groups in total. The van der Waals surface area contributed by atoms with Gasteiger partial charge in [0.2, 0.25) is 0 Å². The van der Waals surface area contributed by atoms with E-state index in [1.807, 2.05) is 18.2 Å². The van der Waals surface area contributed by atoms with Crippen molar-refractivity contribution in [2.45, 2.75) is 59.7 Å². The number of fused-ring (bicyclic) bond motifs is 4. The van der Waals surface area contributed by atoms with Gasteiger partial charge in [-0.3, -0.25) is 14.6 Å². The van der Waals surface area contributed by atoms with Crippen LogP contribution < -0.4 is 15.6 Å². The quantitative estimate of drug-likeness (QED) is 0.301. The molecule has 8 nitrogen and oxygen atoms in total. The van der Waals surface area contributed by atoms with Crippen LogP contribution in [0.5, 0.6) is 0 Å². The zero-order valence-corrected chi connectivity index (χ0v) is 27.4. The number of halogens is 1. The highest BCUT2D eigenvalue weighted by molar-refractivity contribution is 9.10. The second kappa shape index (κ2) is 12.8. The molecule has 0 radical (unpaired) electrons. The summed E-state index contributed by atoms with van der Waals surface area (Å²) in [6.07, 6.45) is 0. The first-order valence-electron chi connectivity index (χ1n) is 15.3. The summed E-state index contributed by atoms with van der Waals surface area (Å²) in [6, 6.07) is 13.2. The van der Waals surface area contributed by atoms with Gasteiger partial charge in [-0.05, 0) is 81.7 Å². The average Bonchev–Trinajstić information content (AvgIpc) is 3.36. The molecule has 0 bridgehead atoms. The molecule has 0 spiro atoms. The number of pyridine rings is 1. The zero-order valence-electron chi connectivity index (χ0n) is 25.8. The molecule has 4 heterocycles. The van der Waals surface area contributed by atoms with Crippen LogP contribution in [-0.4, -0.2) is 83.8 Å². The lowest BCUT2D eigenvalue weighted by Crippen LogP contribution is -2.49. The number of H-pyrrole nitrogens is 1. The van der Waals surface area contributed by atoms with Gasteiger partial charge in [-0.15, -0.1) is 0 Å². The summed E-state index contributed by atoms with van der Waals surface area (Å²) < 4.78 is 3.17. The Labute approximate surface area is 257 Å². The Bertz CT molecular complexity index is 1670. The molecule has 0 amide bonds. The molecule has 2 aliphatic rings. The second-order valence-electron chi connectivity index (χ2n) is 12.3. The topological polar surface area (TPSA) is 83.3 Å². The second-order valence-corrected chi connectivity index (χ2v) is 13.2. The Hall–Kier alpha value is -2.90. The fourth-order valence-electron chi connectivity index (χ4n) is 6.31. The monoisotopic (exact) mass is 633 g/mol. The maximum absolute atomic E-state index is 13.7. The van der Waals surface area contributed by atoms with Gasteiger partial charge in [-0.1, -0.05) is 6.07 Å². The van der Waals surface area contributed by atoms with Crippen molar-refractivity contribution in [1.82, 2.24) is 24.7 Å². The van der Waals surface area contributed by atoms with Crippen molar-refractivity contribution in [2.24, 2.45) is 0 Å². The summed E-state index contributed by atoms with van der Waals surface area (Å²) in [5.74, 6) is 0. The maximum atomic E-state index is 13.7. The van der Waals surface area contributed by atoms with E-state index in [1.165, 1.54) is 13.1 Å². The summed E-state index contributed by atoms with van der Waals surface area (Å²) in [6.45, 7) is 22.0. The van der Waals surface area contributed by atoms with Gasteiger partial charge >= 0.3 is 0 Å². The molecule has 224 valence electrons. The standard InChI is InChI=1S/C26H28BrN5O.C7H16N2/c1-15(2)30-7-9-31(10-8-30)23-13-22-19(12-20(23)27)25(33)24-18-6-5-17(14-28)11-21(18)29-26(24)32(22)16(3)4;1-7(2)9-5-3-8-4-6-9/h5-6,11-13,15-16,29H,7-10H2,1-4H3;7-8H,3-6H2,1-2H3. The number of hydrogen-bond acceptors (Lipinski definition) is 6. The van der Waals surface area contributed by atoms with Gasteiger partial charge in [0, 0.05) is 91.2 Å². The van der Waals surface area contributed by atoms with E-state index in [-0.39, 0.29) is 11.5 Å². The molecule has 0 saturated carbocycles. The molecule has 2 aromatic carbocycles. The lowest BCUT2D eigenvalue weighted by Gasteiger charge is -2.38. The molecule has 0 atom stereocenters. The fourth-order valence-corrected chi connectivity index (χ4v) is 6.90. The zero-order chi connectivity index (χ0) is 30.1. The third-order valence-electron chi connectivity index (χ3n) is 8.73. The molecule has 0 unspecified atom stereocenters. The Kier molecular flexibility index (Phi) is 9.28. The number of aromatic nitrogens is 2. The number of nitrogens with zero attached hydrogens (tertiary/aromatic N) is 5. The normalized spacial score (nSPS) is 17.0. The third-order valence-corrected chi connectivity index (χ3v) is 9.36. The highest BCUT2D eigenvalue weighted by Crippen LogP contribution is 2.35. The van der Waals surface area contributed by atoms with Crippen molar-refractivity contribution in [2.75, 3.05) is 57.3 Å². The summed E-state index contributed by atoms with van der Waals surface area (Å²) in [4.78, 5) is 24.6. The number of nitrogens with one attached hydrogen (secondary N) is 2. The van der Waals surface area contributed by atoms with Crippen LogP contribution in [0.25, 0.3) is 32.8 Å². The number of piperazine rings is 2. The lowest BCUT2D eigenvalue weighted by molar-refractivity contribution is 0.196. The number of anilines is 1. The summed E-state index contributed by atoms with van der Waals surface area (Å²) in [5, 5.41) is 14.9. The predicted octanol–water partition coefficient (Wildman–Crippen LogP) is 5.68. The van der Waals surface area contributed by atoms with Gasteiger partial charge < -0.3 is 19.8 Å². The number of nitriles is 1. The van der Waals surface area contributed by atoms with Gasteiger partial charge in [0.1, 0.15) is 5.65 Å². The van der Waals surface area contributed by atoms with Crippen LogP contribution in [0, 0.1) is 11.3 Å². The summed E-state index contributed by atoms with van der Waals surface area (Å²) >= 11 is 3.77. The first kappa shape index (κ1) is 30.6. The van der Waals surface area contributed by atoms with Crippen molar-refractivity contribution in [3.05, 3.63) is 50.6 Å². The number of benzene rings is 2. The van der Waals surface area contributed by atoms with E-state index < -0.39 is 0 Å². The van der Waals surface area contributed by atoms with E-state index in [0.29, 0.717) is 22.4 Å². The largest absolute Gasteiger partial charge is 0.368 e. The van der Waals surface area contributed by atoms with Crippen LogP contribution >= 0.6 is 15.9 Å². The maximum Gasteiger partial charge on any atom is 0.199 e. The summed E-state index contributed by atoms with van der Waals surface area (Å²) in [7, 11) is 0. The minimum Gasteiger partial charge on any atom is -0.368 e. The number of aromatic amines is 1. The minimum absolute atomic E-state index is 0.0183. The molecule has 42 heavy (non-hydrogen) atoms. The molecule has 2 saturated heterocycles. The summed E-state index contributed by atoms with van der Waals surface area (Å²) in [5.41, 5.74) is 4.28. The van der Waals surface area contributed by atoms with Crippen LogP contribution in [0.1, 0.15) is 53.1 Å². The molecule has 2 aliphatic heterocycles. The Morgan fingerprint density at radius 1 is 0.833 bits per heavy atom. The average molecular weight is 635 g/mol. The SMILES string of the molecule is CC(C)N1CCN(c2cc3c(cc2Br)c(=O)c2c4ccc(C#N)cc4[nH]c2n3C(C)C)CC1.CC(C)N1CCNCC1. The molecule has 2 aromatic heterocycles. The van der Waals surface area contributed by atoms with Crippen LogP contribution in [0.4, 0.5) is 5.69 Å². The first-order valence-corrected chi connectivity index (χ1v) is 16.1. The van der Waals surface area contributed by atoms with Crippen LogP contribution in [0.15, 0.2) is 39.6 Å². The third kappa shape index (κ3) is 5.96. The van der Waals surface area contributed by atoms with Crippen LogP contribution in [0.3, 0.4) is 0 Å². The van der Waals surface area contributed by atoms with Gasteiger partial charge in [-0.2, -0.15) is 5.26 Å². The molecular weight excluding hydrogens is 590 g/mol. The number of rotatable bonds is 4. The van der Waals surface area contributed by atoms with Gasteiger partial charge in [-0.25, -0.2) is 0 Å². The smallest absolute Gasteiger partial charge is 0.199 e. The Morgan fingerprint density at radius 3 is 2.05 bits per heavy atom. The first-order chi connectivity index (χ1) is 20.1. The fraction of sp³-hybridized carbons (Fsp3) is 0.515. The number of hydrogen-bond donors (Lipinski definition) is 2. The Morgan fingerprint density at radius 2 is 1.48 bits per heavy atom. The molecule has 2 fully saturated rings. The van der Waals surface area contributed by atoms with Gasteiger partial charge in [0.05, 0.1) is 28.2 Å². The van der Waals surface area contributed by atoms with E-state index >= 15 is 0 Å². The molecule has 0 aliphatic carbocycles.